The standard InChI is InChI=1S/C20H22N2O3/c1-20(2,14-7-5-4-6-8-14)12-11-18(23)21-15-9-10-17-16(13-15)22(3)19(24)25-17/h4-10,13H,11-12H2,1-3H3,(H,21,23). The SMILES string of the molecule is Cn1c(=O)oc2ccc(NC(=O)CCC(C)(C)c3ccccc3)cc21. The molecule has 130 valence electrons. The predicted octanol–water partition coefficient (Wildman–Crippen LogP) is 3.83. The minimum absolute atomic E-state index is 0.0446. The van der Waals surface area contributed by atoms with Crippen molar-refractivity contribution < 1.29 is 9.21 Å². The molecule has 1 heterocycles. The highest BCUT2D eigenvalue weighted by molar-refractivity contribution is 5.92. The minimum atomic E-state index is -0.414. The van der Waals surface area contributed by atoms with E-state index in [1.54, 1.807) is 25.2 Å². The summed E-state index contributed by atoms with van der Waals surface area (Å²) >= 11 is 0. The molecule has 0 radical (unpaired) electrons. The molecule has 0 spiro atoms. The van der Waals surface area contributed by atoms with Gasteiger partial charge in [-0.25, -0.2) is 4.79 Å². The molecule has 25 heavy (non-hydrogen) atoms. The van der Waals surface area contributed by atoms with Gasteiger partial charge in [0.1, 0.15) is 0 Å². The van der Waals surface area contributed by atoms with E-state index in [2.05, 4.69) is 31.3 Å². The van der Waals surface area contributed by atoms with Crippen molar-refractivity contribution in [2.75, 3.05) is 5.32 Å². The summed E-state index contributed by atoms with van der Waals surface area (Å²) in [4.78, 5) is 23.8. The van der Waals surface area contributed by atoms with Gasteiger partial charge >= 0.3 is 5.76 Å². The van der Waals surface area contributed by atoms with Gasteiger partial charge in [0, 0.05) is 19.2 Å². The maximum Gasteiger partial charge on any atom is 0.419 e. The Bertz CT molecular complexity index is 952. The molecule has 1 amide bonds. The summed E-state index contributed by atoms with van der Waals surface area (Å²) in [5, 5.41) is 2.90. The second-order valence-corrected chi connectivity index (χ2v) is 6.91. The van der Waals surface area contributed by atoms with E-state index in [1.807, 2.05) is 18.2 Å². The molecule has 0 unspecified atom stereocenters. The van der Waals surface area contributed by atoms with E-state index in [0.29, 0.717) is 23.2 Å². The normalized spacial score (nSPS) is 11.6. The van der Waals surface area contributed by atoms with Crippen molar-refractivity contribution in [3.05, 3.63) is 64.6 Å². The monoisotopic (exact) mass is 338 g/mol. The van der Waals surface area contributed by atoms with E-state index >= 15 is 0 Å². The topological polar surface area (TPSA) is 64.2 Å². The lowest BCUT2D eigenvalue weighted by atomic mass is 9.80. The Balaban J connectivity index is 1.66. The van der Waals surface area contributed by atoms with E-state index < -0.39 is 5.76 Å². The summed E-state index contributed by atoms with van der Waals surface area (Å²) in [6, 6.07) is 15.4. The van der Waals surface area contributed by atoms with Crippen LogP contribution in [0.15, 0.2) is 57.7 Å². The number of carbonyl (C=O) groups excluding carboxylic acids is 1. The number of aromatic nitrogens is 1. The van der Waals surface area contributed by atoms with Crippen LogP contribution >= 0.6 is 0 Å². The van der Waals surface area contributed by atoms with Gasteiger partial charge in [0.05, 0.1) is 5.52 Å². The van der Waals surface area contributed by atoms with Crippen LogP contribution in [-0.2, 0) is 17.3 Å². The zero-order valence-electron chi connectivity index (χ0n) is 14.7. The first-order valence-electron chi connectivity index (χ1n) is 8.32. The molecule has 0 aliphatic heterocycles. The molecule has 5 heteroatoms. The Labute approximate surface area is 146 Å². The molecule has 0 saturated carbocycles. The fraction of sp³-hybridized carbons (Fsp3) is 0.300. The molecule has 2 aromatic carbocycles. The van der Waals surface area contributed by atoms with Crippen LogP contribution in [0.25, 0.3) is 11.1 Å². The number of carbonyl (C=O) groups is 1. The molecule has 3 rings (SSSR count). The Morgan fingerprint density at radius 3 is 2.60 bits per heavy atom. The molecular formula is C20H22N2O3. The number of amides is 1. The Morgan fingerprint density at radius 1 is 1.16 bits per heavy atom. The fourth-order valence-electron chi connectivity index (χ4n) is 2.89. The van der Waals surface area contributed by atoms with E-state index in [-0.39, 0.29) is 11.3 Å². The first kappa shape index (κ1) is 17.0. The van der Waals surface area contributed by atoms with Gasteiger partial charge in [-0.3, -0.25) is 9.36 Å². The molecule has 0 aliphatic rings. The third kappa shape index (κ3) is 3.65. The fourth-order valence-corrected chi connectivity index (χ4v) is 2.89. The molecule has 0 bridgehead atoms. The van der Waals surface area contributed by atoms with Crippen LogP contribution in [-0.4, -0.2) is 10.5 Å². The van der Waals surface area contributed by atoms with Crippen molar-refractivity contribution in [2.24, 2.45) is 7.05 Å². The zero-order chi connectivity index (χ0) is 18.0. The van der Waals surface area contributed by atoms with E-state index in [1.165, 1.54) is 10.1 Å². The van der Waals surface area contributed by atoms with E-state index in [9.17, 15) is 9.59 Å². The van der Waals surface area contributed by atoms with Gasteiger partial charge in [0.15, 0.2) is 5.58 Å². The first-order chi connectivity index (χ1) is 11.9. The van der Waals surface area contributed by atoms with Gasteiger partial charge in [-0.05, 0) is 35.6 Å². The molecule has 5 nitrogen and oxygen atoms in total. The number of anilines is 1. The lowest BCUT2D eigenvalue weighted by Gasteiger charge is -2.25. The van der Waals surface area contributed by atoms with Gasteiger partial charge < -0.3 is 9.73 Å². The van der Waals surface area contributed by atoms with Crippen molar-refractivity contribution in [3.8, 4) is 0 Å². The third-order valence-corrected chi connectivity index (χ3v) is 4.61. The summed E-state index contributed by atoms with van der Waals surface area (Å²) in [5.74, 6) is -0.458. The average Bonchev–Trinajstić information content (AvgIpc) is 2.88. The summed E-state index contributed by atoms with van der Waals surface area (Å²) < 4.78 is 6.51. The first-order valence-corrected chi connectivity index (χ1v) is 8.32. The number of aryl methyl sites for hydroxylation is 1. The third-order valence-electron chi connectivity index (χ3n) is 4.61. The van der Waals surface area contributed by atoms with Crippen molar-refractivity contribution in [3.63, 3.8) is 0 Å². The summed E-state index contributed by atoms with van der Waals surface area (Å²) in [7, 11) is 1.64. The summed E-state index contributed by atoms with van der Waals surface area (Å²) in [6.07, 6.45) is 1.17. The van der Waals surface area contributed by atoms with E-state index in [0.717, 1.165) is 6.42 Å². The number of hydrogen-bond acceptors (Lipinski definition) is 3. The molecule has 0 saturated heterocycles. The number of nitrogens with zero attached hydrogens (tertiary/aromatic N) is 1. The zero-order valence-corrected chi connectivity index (χ0v) is 14.7. The second-order valence-electron chi connectivity index (χ2n) is 6.91. The number of rotatable bonds is 5. The van der Waals surface area contributed by atoms with Crippen LogP contribution < -0.4 is 11.1 Å². The van der Waals surface area contributed by atoms with Crippen LogP contribution in [0.1, 0.15) is 32.3 Å². The smallest absolute Gasteiger partial charge is 0.408 e. The molecule has 0 fully saturated rings. The average molecular weight is 338 g/mol. The van der Waals surface area contributed by atoms with Crippen molar-refractivity contribution in [1.82, 2.24) is 4.57 Å². The van der Waals surface area contributed by atoms with Crippen LogP contribution in [0.3, 0.4) is 0 Å². The van der Waals surface area contributed by atoms with Gasteiger partial charge in [-0.2, -0.15) is 0 Å². The quantitative estimate of drug-likeness (QED) is 0.769. The van der Waals surface area contributed by atoms with Crippen molar-refractivity contribution in [1.29, 1.82) is 0 Å². The molecule has 0 aliphatic carbocycles. The van der Waals surface area contributed by atoms with Gasteiger partial charge in [0.2, 0.25) is 5.91 Å². The lowest BCUT2D eigenvalue weighted by molar-refractivity contribution is -0.116. The maximum absolute atomic E-state index is 12.3. The lowest BCUT2D eigenvalue weighted by Crippen LogP contribution is -2.21. The Hall–Kier alpha value is -2.82. The van der Waals surface area contributed by atoms with E-state index in [4.69, 9.17) is 4.42 Å². The van der Waals surface area contributed by atoms with Crippen molar-refractivity contribution in [2.45, 2.75) is 32.1 Å². The summed E-state index contributed by atoms with van der Waals surface area (Å²) in [5.41, 5.74) is 2.98. The van der Waals surface area contributed by atoms with Gasteiger partial charge in [-0.15, -0.1) is 0 Å². The van der Waals surface area contributed by atoms with Crippen LogP contribution in [0.4, 0.5) is 5.69 Å². The van der Waals surface area contributed by atoms with Crippen molar-refractivity contribution >= 4 is 22.7 Å². The Morgan fingerprint density at radius 2 is 1.88 bits per heavy atom. The number of benzene rings is 2. The number of nitrogens with one attached hydrogen (secondary N) is 1. The molecular weight excluding hydrogens is 316 g/mol. The molecule has 1 N–H and O–H groups in total. The molecule has 3 aromatic rings. The van der Waals surface area contributed by atoms with Crippen LogP contribution in [0.5, 0.6) is 0 Å². The largest absolute Gasteiger partial charge is 0.419 e. The highest BCUT2D eigenvalue weighted by Crippen LogP contribution is 2.28. The predicted molar refractivity (Wildman–Crippen MR) is 98.8 cm³/mol. The summed E-state index contributed by atoms with van der Waals surface area (Å²) in [6.45, 7) is 4.28. The van der Waals surface area contributed by atoms with Gasteiger partial charge in [-0.1, -0.05) is 44.2 Å². The Kier molecular flexibility index (Phi) is 4.49. The molecule has 1 aromatic heterocycles. The van der Waals surface area contributed by atoms with Crippen LogP contribution in [0.2, 0.25) is 0 Å². The maximum atomic E-state index is 12.3. The molecule has 0 atom stereocenters. The second kappa shape index (κ2) is 6.59. The van der Waals surface area contributed by atoms with Gasteiger partial charge in [0.25, 0.3) is 0 Å². The number of fused-ring (bicyclic) bond motifs is 1. The highest BCUT2D eigenvalue weighted by Gasteiger charge is 2.21. The number of oxazole rings is 1. The minimum Gasteiger partial charge on any atom is -0.408 e. The van der Waals surface area contributed by atoms with Crippen LogP contribution in [0, 0.1) is 0 Å². The highest BCUT2D eigenvalue weighted by atomic mass is 16.4. The number of hydrogen-bond donors (Lipinski definition) is 1.